The molecular weight excluding hydrogens is 523 g/mol. The third-order valence-electron chi connectivity index (χ3n) is 3.83. The van der Waals surface area contributed by atoms with Crippen molar-refractivity contribution in [3.05, 3.63) is 83.2 Å². The summed E-state index contributed by atoms with van der Waals surface area (Å²) in [5.41, 5.74) is 0.369. The number of halogens is 8. The van der Waals surface area contributed by atoms with E-state index in [0.717, 1.165) is 24.3 Å². The Bertz CT molecular complexity index is 961. The molecule has 0 saturated heterocycles. The van der Waals surface area contributed by atoms with Crippen LogP contribution in [0.1, 0.15) is 22.5 Å². The van der Waals surface area contributed by atoms with Crippen LogP contribution in [0, 0.1) is 0 Å². The predicted molar refractivity (Wildman–Crippen MR) is 110 cm³/mol. The quantitative estimate of drug-likeness (QED) is 0.200. The summed E-state index contributed by atoms with van der Waals surface area (Å²) in [4.78, 5) is 11.1. The second-order valence-corrected chi connectivity index (χ2v) is 7.85. The van der Waals surface area contributed by atoms with Gasteiger partial charge in [0.2, 0.25) is 0 Å². The number of rotatable bonds is 4. The van der Waals surface area contributed by atoms with Crippen LogP contribution in [0.25, 0.3) is 0 Å². The van der Waals surface area contributed by atoms with Crippen LogP contribution in [0.2, 0.25) is 0 Å². The van der Waals surface area contributed by atoms with Gasteiger partial charge in [-0.05, 0) is 60.7 Å². The minimum atomic E-state index is -4.40. The summed E-state index contributed by atoms with van der Waals surface area (Å²) in [6.07, 6.45) is -5.91. The second-order valence-electron chi connectivity index (χ2n) is 6.03. The number of benzene rings is 2. The number of hydrogen-bond donors (Lipinski definition) is 1. The van der Waals surface area contributed by atoms with Crippen molar-refractivity contribution >= 4 is 44.0 Å². The summed E-state index contributed by atoms with van der Waals surface area (Å²) in [5, 5.41) is 0. The molecule has 0 radical (unpaired) electrons. The van der Waals surface area contributed by atoms with E-state index in [-0.39, 0.29) is 13.1 Å². The maximum atomic E-state index is 12.5. The molecule has 1 heterocycles. The first-order chi connectivity index (χ1) is 15.0. The Morgan fingerprint density at radius 2 is 0.938 bits per heavy atom. The molecule has 0 amide bonds. The monoisotopic (exact) mass is 535 g/mol. The number of H-pyrrole nitrogens is 1. The molecule has 0 fully saturated rings. The van der Waals surface area contributed by atoms with Crippen molar-refractivity contribution in [2.24, 2.45) is 9.98 Å². The summed E-state index contributed by atoms with van der Waals surface area (Å²) in [7, 11) is 9.53. The molecule has 3 rings (SSSR count). The van der Waals surface area contributed by atoms with Crippen LogP contribution in [0.15, 0.2) is 70.6 Å². The van der Waals surface area contributed by atoms with E-state index in [0.29, 0.717) is 22.8 Å². The van der Waals surface area contributed by atoms with Gasteiger partial charge in [-0.25, -0.2) is 0 Å². The molecular formula is C20H13Cl2F6FeN3. The molecule has 0 saturated carbocycles. The molecule has 0 aliphatic rings. The van der Waals surface area contributed by atoms with E-state index in [1.54, 1.807) is 12.1 Å². The van der Waals surface area contributed by atoms with Crippen molar-refractivity contribution in [3.63, 3.8) is 0 Å². The summed E-state index contributed by atoms with van der Waals surface area (Å²) >= 11 is 0.194. The second kappa shape index (κ2) is 11.6. The van der Waals surface area contributed by atoms with Crippen LogP contribution in [-0.4, -0.2) is 17.4 Å². The molecule has 0 unspecified atom stereocenters. The van der Waals surface area contributed by atoms with Crippen LogP contribution < -0.4 is 0 Å². The van der Waals surface area contributed by atoms with Gasteiger partial charge in [-0.2, -0.15) is 26.3 Å². The van der Waals surface area contributed by atoms with Crippen LogP contribution in [0.4, 0.5) is 37.7 Å². The molecule has 2 aromatic carbocycles. The minimum absolute atomic E-state index is 0.194. The fraction of sp³-hybridized carbons (Fsp3) is 0.100. The normalized spacial score (nSPS) is 12.4. The Morgan fingerprint density at radius 3 is 1.22 bits per heavy atom. The zero-order valence-electron chi connectivity index (χ0n) is 15.7. The van der Waals surface area contributed by atoms with Crippen molar-refractivity contribution < 1.29 is 39.5 Å². The molecule has 32 heavy (non-hydrogen) atoms. The van der Waals surface area contributed by atoms with Gasteiger partial charge in [0.15, 0.2) is 0 Å². The molecule has 172 valence electrons. The SMILES string of the molecule is FC(F)(F)c1ccc(N=Cc2ccc(C=Nc3ccc(C(F)(F)F)cc3)[nH]2)cc1.[Cl][Fe][Cl]. The van der Waals surface area contributed by atoms with Crippen molar-refractivity contribution in [1.29, 1.82) is 0 Å². The molecule has 0 spiro atoms. The Balaban J connectivity index is 0.00000114. The number of alkyl halides is 6. The molecule has 3 nitrogen and oxygen atoms in total. The van der Waals surface area contributed by atoms with Crippen molar-refractivity contribution in [2.75, 3.05) is 0 Å². The van der Waals surface area contributed by atoms with E-state index in [9.17, 15) is 26.3 Å². The number of hydrogen-bond acceptors (Lipinski definition) is 2. The third-order valence-corrected chi connectivity index (χ3v) is 3.83. The summed E-state index contributed by atoms with van der Waals surface area (Å²) in [6, 6.07) is 12.2. The zero-order valence-corrected chi connectivity index (χ0v) is 18.3. The third kappa shape index (κ3) is 8.35. The average Bonchev–Trinajstić information content (AvgIpc) is 3.19. The van der Waals surface area contributed by atoms with Gasteiger partial charge < -0.3 is 4.98 Å². The first-order valence-corrected chi connectivity index (χ1v) is 11.5. The van der Waals surface area contributed by atoms with Crippen LogP contribution in [-0.2, 0) is 25.5 Å². The molecule has 3 aromatic rings. The van der Waals surface area contributed by atoms with Crippen molar-refractivity contribution in [3.8, 4) is 0 Å². The van der Waals surface area contributed by atoms with Gasteiger partial charge in [-0.15, -0.1) is 0 Å². The number of aromatic amines is 1. The first kappa shape index (κ1) is 26.0. The van der Waals surface area contributed by atoms with Gasteiger partial charge in [0.05, 0.1) is 46.3 Å². The Labute approximate surface area is 193 Å². The van der Waals surface area contributed by atoms with Gasteiger partial charge in [0.1, 0.15) is 0 Å². The molecule has 1 N–H and O–H groups in total. The van der Waals surface area contributed by atoms with Crippen LogP contribution in [0.3, 0.4) is 0 Å². The fourth-order valence-corrected chi connectivity index (χ4v) is 2.34. The van der Waals surface area contributed by atoms with E-state index in [1.807, 2.05) is 0 Å². The molecule has 12 heteroatoms. The van der Waals surface area contributed by atoms with Crippen molar-refractivity contribution in [1.82, 2.24) is 4.98 Å². The Morgan fingerprint density at radius 1 is 0.625 bits per heavy atom. The van der Waals surface area contributed by atoms with Crippen LogP contribution in [0.5, 0.6) is 0 Å². The van der Waals surface area contributed by atoms with Gasteiger partial charge in [0.25, 0.3) is 0 Å². The molecule has 0 bridgehead atoms. The van der Waals surface area contributed by atoms with Gasteiger partial charge in [-0.3, -0.25) is 9.98 Å². The van der Waals surface area contributed by atoms with Gasteiger partial charge in [0, 0.05) is 0 Å². The number of aliphatic imine (C=N–C) groups is 2. The zero-order chi connectivity index (χ0) is 23.8. The Kier molecular flexibility index (Phi) is 9.39. The molecule has 1 aromatic heterocycles. The van der Waals surface area contributed by atoms with E-state index in [2.05, 4.69) is 15.0 Å². The summed E-state index contributed by atoms with van der Waals surface area (Å²) < 4.78 is 75.2. The Hall–Kier alpha value is -2.26. The molecule has 0 atom stereocenters. The van der Waals surface area contributed by atoms with E-state index >= 15 is 0 Å². The topological polar surface area (TPSA) is 40.5 Å². The van der Waals surface area contributed by atoms with Gasteiger partial charge in [-0.1, -0.05) is 0 Å². The van der Waals surface area contributed by atoms with E-state index in [4.69, 9.17) is 20.2 Å². The summed E-state index contributed by atoms with van der Waals surface area (Å²) in [6.45, 7) is 0. The number of aromatic nitrogens is 1. The van der Waals surface area contributed by atoms with Crippen LogP contribution >= 0.6 is 20.2 Å². The first-order valence-electron chi connectivity index (χ1n) is 8.50. The fourth-order valence-electron chi connectivity index (χ4n) is 2.34. The van der Waals surface area contributed by atoms with E-state index in [1.165, 1.54) is 36.7 Å². The summed E-state index contributed by atoms with van der Waals surface area (Å²) in [5.74, 6) is 0. The number of nitrogens with zero attached hydrogens (tertiary/aromatic N) is 2. The number of nitrogens with one attached hydrogen (secondary N) is 1. The average molecular weight is 536 g/mol. The van der Waals surface area contributed by atoms with Gasteiger partial charge >= 0.3 is 45.7 Å². The van der Waals surface area contributed by atoms with E-state index < -0.39 is 23.5 Å². The predicted octanol–water partition coefficient (Wildman–Crippen LogP) is 7.93. The van der Waals surface area contributed by atoms with Crippen molar-refractivity contribution in [2.45, 2.75) is 12.4 Å². The standard InChI is InChI=1S/C20H13F6N3.2ClH.Fe/c21-19(22,23)13-1-5-15(6-2-13)27-11-17-9-10-18(29-17)12-28-16-7-3-14(4-8-16)20(24,25)26;;;/h1-12,29H;2*1H;/q;;;+2/p-2. The maximum absolute atomic E-state index is 12.5. The molecule has 0 aliphatic carbocycles. The molecule has 0 aliphatic heterocycles.